The highest BCUT2D eigenvalue weighted by Gasteiger charge is 2.32. The first-order valence-electron chi connectivity index (χ1n) is 32.1. The van der Waals surface area contributed by atoms with Gasteiger partial charge in [-0.05, 0) is 242 Å². The maximum absolute atomic E-state index is 2.76. The molecule has 4 nitrogen and oxygen atoms in total. The Labute approximate surface area is 505 Å². The number of aryl methyl sites for hydroxylation is 8. The molecule has 2 aliphatic carbocycles. The monoisotopic (exact) mass is 1110 g/mol. The second-order valence-electron chi connectivity index (χ2n) is 25.1. The van der Waals surface area contributed by atoms with Crippen molar-refractivity contribution in [2.24, 2.45) is 0 Å². The Balaban J connectivity index is 1.03. The third-order valence-electron chi connectivity index (χ3n) is 20.0. The van der Waals surface area contributed by atoms with Crippen LogP contribution in [0.3, 0.4) is 0 Å². The molecule has 12 aromatic carbocycles. The average molecular weight is 1120 g/mol. The Morgan fingerprint density at radius 2 is 0.744 bits per heavy atom. The number of benzene rings is 12. The van der Waals surface area contributed by atoms with Gasteiger partial charge in [0.15, 0.2) is 0 Å². The molecule has 2 aromatic heterocycles. The summed E-state index contributed by atoms with van der Waals surface area (Å²) in [6.45, 7) is 14.3. The van der Waals surface area contributed by atoms with Gasteiger partial charge in [0.2, 0.25) is 0 Å². The van der Waals surface area contributed by atoms with Gasteiger partial charge in [0.1, 0.15) is 0 Å². The first-order chi connectivity index (χ1) is 42.3. The van der Waals surface area contributed by atoms with E-state index in [1.54, 1.807) is 0 Å². The van der Waals surface area contributed by atoms with Gasteiger partial charge in [-0.2, -0.15) is 0 Å². The van der Waals surface area contributed by atoms with Crippen molar-refractivity contribution in [1.29, 1.82) is 0 Å². The normalized spacial score (nSPS) is 13.5. The number of hydrogen-bond donors (Lipinski definition) is 0. The van der Waals surface area contributed by atoms with Crippen LogP contribution in [-0.2, 0) is 38.5 Å². The number of anilines is 6. The fourth-order valence-electron chi connectivity index (χ4n) is 16.4. The van der Waals surface area contributed by atoms with Crippen LogP contribution in [0.5, 0.6) is 0 Å². The summed E-state index contributed by atoms with van der Waals surface area (Å²) in [6, 6.07) is 74.9. The summed E-state index contributed by atoms with van der Waals surface area (Å²) in [5, 5.41) is 13.3. The highest BCUT2D eigenvalue weighted by Crippen LogP contribution is 2.55. The third kappa shape index (κ3) is 7.94. The molecule has 0 saturated heterocycles. The van der Waals surface area contributed by atoms with Crippen LogP contribution < -0.4 is 9.80 Å². The van der Waals surface area contributed by atoms with E-state index in [1.165, 1.54) is 203 Å². The van der Waals surface area contributed by atoms with E-state index < -0.39 is 0 Å². The minimum atomic E-state index is 0.978. The van der Waals surface area contributed by atoms with Crippen molar-refractivity contribution >= 4 is 110 Å². The highest BCUT2D eigenvalue weighted by atomic mass is 15.2. The van der Waals surface area contributed by atoms with Gasteiger partial charge in [0, 0.05) is 55.1 Å². The van der Waals surface area contributed by atoms with Gasteiger partial charge >= 0.3 is 0 Å². The van der Waals surface area contributed by atoms with Crippen molar-refractivity contribution in [3.63, 3.8) is 0 Å². The summed E-state index contributed by atoms with van der Waals surface area (Å²) in [4.78, 5) is 5.52. The van der Waals surface area contributed by atoms with E-state index in [9.17, 15) is 0 Å². The van der Waals surface area contributed by atoms with E-state index in [0.717, 1.165) is 51.4 Å². The number of rotatable bonds is 12. The second-order valence-corrected chi connectivity index (χ2v) is 25.1. The van der Waals surface area contributed by atoms with Gasteiger partial charge in [-0.25, -0.2) is 0 Å². The summed E-state index contributed by atoms with van der Waals surface area (Å²) < 4.78 is 5.06. The van der Waals surface area contributed by atoms with E-state index in [4.69, 9.17) is 0 Å². The van der Waals surface area contributed by atoms with Crippen LogP contribution in [0.15, 0.2) is 194 Å². The lowest BCUT2D eigenvalue weighted by Gasteiger charge is -2.35. The van der Waals surface area contributed by atoms with Crippen molar-refractivity contribution in [3.05, 3.63) is 250 Å². The number of fused-ring (bicyclic) bond motifs is 8. The average Bonchev–Trinajstić information content (AvgIpc) is 1.18. The van der Waals surface area contributed by atoms with Gasteiger partial charge < -0.3 is 18.9 Å². The Morgan fingerprint density at radius 1 is 0.349 bits per heavy atom. The second kappa shape index (κ2) is 20.8. The Morgan fingerprint density at radius 3 is 1.17 bits per heavy atom. The van der Waals surface area contributed by atoms with Crippen LogP contribution in [-0.4, -0.2) is 9.13 Å². The molecular weight excluding hydrogens is 1040 g/mol. The van der Waals surface area contributed by atoms with E-state index in [1.807, 2.05) is 0 Å². The summed E-state index contributed by atoms with van der Waals surface area (Å²) in [5.74, 6) is 0. The van der Waals surface area contributed by atoms with Crippen LogP contribution in [0.2, 0.25) is 0 Å². The number of hydrogen-bond acceptors (Lipinski definition) is 2. The maximum Gasteiger partial charge on any atom is 0.0591 e. The van der Waals surface area contributed by atoms with Crippen LogP contribution >= 0.6 is 0 Å². The fourth-order valence-corrected chi connectivity index (χ4v) is 16.4. The summed E-state index contributed by atoms with van der Waals surface area (Å²) in [5.41, 5.74) is 29.0. The molecule has 422 valence electrons. The smallest absolute Gasteiger partial charge is 0.0591 e. The van der Waals surface area contributed by atoms with Crippen molar-refractivity contribution in [3.8, 4) is 11.4 Å². The molecule has 16 rings (SSSR count). The minimum absolute atomic E-state index is 0.978. The van der Waals surface area contributed by atoms with Crippen LogP contribution in [0.1, 0.15) is 108 Å². The van der Waals surface area contributed by atoms with Gasteiger partial charge in [0.05, 0.1) is 44.8 Å². The van der Waals surface area contributed by atoms with Crippen molar-refractivity contribution in [2.75, 3.05) is 9.80 Å². The Hall–Kier alpha value is -9.12. The predicted molar refractivity (Wildman–Crippen MR) is 368 cm³/mol. The highest BCUT2D eigenvalue weighted by molar-refractivity contribution is 6.30. The number of aromatic nitrogens is 2. The molecule has 0 unspecified atom stereocenters. The molecule has 0 bridgehead atoms. The van der Waals surface area contributed by atoms with Gasteiger partial charge in [-0.1, -0.05) is 148 Å². The van der Waals surface area contributed by atoms with Gasteiger partial charge in [0.25, 0.3) is 0 Å². The first kappa shape index (κ1) is 52.4. The minimum Gasteiger partial charge on any atom is -0.309 e. The molecule has 2 aliphatic rings. The molecule has 14 aromatic rings. The molecule has 0 atom stereocenters. The molecule has 0 N–H and O–H groups in total. The first-order valence-corrected chi connectivity index (χ1v) is 32.1. The molecular formula is C82H74N4. The lowest BCUT2D eigenvalue weighted by atomic mass is 9.85. The van der Waals surface area contributed by atoms with Crippen LogP contribution in [0.4, 0.5) is 34.1 Å². The molecule has 0 radical (unpaired) electrons. The van der Waals surface area contributed by atoms with Gasteiger partial charge in [-0.15, -0.1) is 0 Å². The third-order valence-corrected chi connectivity index (χ3v) is 20.0. The van der Waals surface area contributed by atoms with Crippen molar-refractivity contribution in [1.82, 2.24) is 9.13 Å². The van der Waals surface area contributed by atoms with Crippen molar-refractivity contribution < 1.29 is 0 Å². The molecule has 86 heavy (non-hydrogen) atoms. The largest absolute Gasteiger partial charge is 0.309 e. The molecule has 0 aliphatic heterocycles. The zero-order valence-electron chi connectivity index (χ0n) is 50.7. The van der Waals surface area contributed by atoms with Crippen molar-refractivity contribution in [2.45, 2.75) is 119 Å². The SMILES string of the molecule is CCCc1cc(N(c2cccc3c2CCCC3)c2c(C)cc3c4ccccc4n(-c4ccccc4)c3c2C)c2ccc3c(CCC)cc(N(c4cccc5c4CCCC5)c4c(C)cc5c6ccccc6n(-c6ccccc6)c5c4C)c4ccc1c2c34. The van der Waals surface area contributed by atoms with E-state index in [-0.39, 0.29) is 0 Å². The molecule has 0 amide bonds. The van der Waals surface area contributed by atoms with Gasteiger partial charge in [-0.3, -0.25) is 0 Å². The molecule has 2 heterocycles. The summed E-state index contributed by atoms with van der Waals surface area (Å²) in [6.07, 6.45) is 13.3. The zero-order valence-corrected chi connectivity index (χ0v) is 50.7. The zero-order chi connectivity index (χ0) is 57.9. The van der Waals surface area contributed by atoms with E-state index in [2.05, 4.69) is 255 Å². The number of nitrogens with zero attached hydrogens (tertiary/aromatic N) is 4. The molecule has 4 heteroatoms. The fraction of sp³-hybridized carbons (Fsp3) is 0.220. The van der Waals surface area contributed by atoms with Crippen LogP contribution in [0, 0.1) is 27.7 Å². The molecule has 0 saturated carbocycles. The maximum atomic E-state index is 2.76. The van der Waals surface area contributed by atoms with Crippen LogP contribution in [0.25, 0.3) is 87.3 Å². The lowest BCUT2D eigenvalue weighted by Crippen LogP contribution is -2.19. The Bertz CT molecular complexity index is 4700. The Kier molecular flexibility index (Phi) is 12.7. The molecule has 0 fully saturated rings. The number of para-hydroxylation sites is 4. The summed E-state index contributed by atoms with van der Waals surface area (Å²) >= 11 is 0. The predicted octanol–water partition coefficient (Wildman–Crippen LogP) is 22.6. The molecule has 0 spiro atoms. The topological polar surface area (TPSA) is 16.3 Å². The lowest BCUT2D eigenvalue weighted by molar-refractivity contribution is 0.686. The van der Waals surface area contributed by atoms with E-state index in [0.29, 0.717) is 0 Å². The van der Waals surface area contributed by atoms with E-state index >= 15 is 0 Å². The standard InChI is InChI=1S/C82H74N4/c1-7-25-57-49-75(85(71-41-23-29-55-27-15-17-35-61(55)71)79-51(3)47-69-65-37-19-21-39-73(65)83(81(69)53(79)5)59-31-11-9-12-32-59)67-46-44-64-58(26-8-2)50-76(68-45-43-63(57)77(67)78(64)68)86(72-42-24-30-56-28-16-18-36-62(56)72)80-52(4)48-70-66-38-20-22-40-74(66)84(82(70)54(80)6)60-33-13-10-14-34-60/h9-14,19-24,29-34,37-50H,7-8,15-18,25-28,35-36H2,1-6H3. The quantitative estimate of drug-likeness (QED) is 0.113. The summed E-state index contributed by atoms with van der Waals surface area (Å²) in [7, 11) is 0.